The lowest BCUT2D eigenvalue weighted by Crippen LogP contribution is -2.11. The summed E-state index contributed by atoms with van der Waals surface area (Å²) in [6, 6.07) is 19.6. The van der Waals surface area contributed by atoms with Gasteiger partial charge >= 0.3 is 0 Å². The van der Waals surface area contributed by atoms with Gasteiger partial charge in [-0.25, -0.2) is 37.1 Å². The third kappa shape index (κ3) is 3.72. The van der Waals surface area contributed by atoms with E-state index in [2.05, 4.69) is 9.97 Å². The smallest absolute Gasteiger partial charge is 0.238 e. The van der Waals surface area contributed by atoms with Crippen molar-refractivity contribution in [1.82, 2.24) is 9.97 Å². The van der Waals surface area contributed by atoms with E-state index in [4.69, 9.17) is 19.1 Å². The second-order valence-electron chi connectivity index (χ2n) is 8.09. The van der Waals surface area contributed by atoms with Crippen LogP contribution in [0, 0.1) is 0 Å². The summed E-state index contributed by atoms with van der Waals surface area (Å²) in [5.74, 6) is 0.601. The normalized spacial score (nSPS) is 12.6. The second kappa shape index (κ2) is 7.70. The summed E-state index contributed by atoms with van der Waals surface area (Å²) in [7, 11) is -7.76. The zero-order valence-electron chi connectivity index (χ0n) is 18.2. The Morgan fingerprint density at radius 1 is 0.583 bits per heavy atom. The van der Waals surface area contributed by atoms with Crippen LogP contribution in [0.1, 0.15) is 0 Å². The fourth-order valence-corrected chi connectivity index (χ4v) is 5.14. The highest BCUT2D eigenvalue weighted by atomic mass is 32.2. The van der Waals surface area contributed by atoms with E-state index in [9.17, 15) is 16.8 Å². The van der Waals surface area contributed by atoms with E-state index in [1.54, 1.807) is 12.1 Å². The minimum atomic E-state index is -3.88. The molecule has 36 heavy (non-hydrogen) atoms. The molecule has 6 aromatic rings. The first-order valence-corrected chi connectivity index (χ1v) is 13.6. The Bertz CT molecular complexity index is 1910. The lowest BCUT2D eigenvalue weighted by Gasteiger charge is -2.07. The first-order valence-electron chi connectivity index (χ1n) is 10.5. The van der Waals surface area contributed by atoms with Crippen LogP contribution in [0.3, 0.4) is 0 Å². The van der Waals surface area contributed by atoms with Crippen LogP contribution >= 0.6 is 0 Å². The van der Waals surface area contributed by atoms with Gasteiger partial charge in [0.15, 0.2) is 11.2 Å². The second-order valence-corrected chi connectivity index (χ2v) is 11.2. The van der Waals surface area contributed by atoms with Crippen molar-refractivity contribution < 1.29 is 25.7 Å². The van der Waals surface area contributed by atoms with Crippen molar-refractivity contribution in [2.24, 2.45) is 10.3 Å². The van der Waals surface area contributed by atoms with Crippen LogP contribution in [-0.2, 0) is 20.0 Å². The first-order chi connectivity index (χ1) is 17.1. The number of hydrogen-bond donors (Lipinski definition) is 2. The molecule has 2 heterocycles. The molecule has 0 saturated heterocycles. The summed E-state index contributed by atoms with van der Waals surface area (Å²) >= 11 is 0. The van der Waals surface area contributed by atoms with Crippen LogP contribution in [0.15, 0.2) is 91.4 Å². The molecule has 0 aliphatic heterocycles. The summed E-state index contributed by atoms with van der Waals surface area (Å²) in [6.45, 7) is 0. The Hall–Kier alpha value is -4.10. The molecule has 0 spiro atoms. The maximum atomic E-state index is 11.7. The lowest BCUT2D eigenvalue weighted by molar-refractivity contribution is 0.596. The van der Waals surface area contributed by atoms with Crippen molar-refractivity contribution in [2.45, 2.75) is 9.79 Å². The van der Waals surface area contributed by atoms with Crippen LogP contribution in [-0.4, -0.2) is 26.8 Å². The molecular weight excluding hydrogens is 504 g/mol. The predicted molar refractivity (Wildman–Crippen MR) is 133 cm³/mol. The zero-order valence-corrected chi connectivity index (χ0v) is 19.9. The van der Waals surface area contributed by atoms with Crippen LogP contribution in [0.25, 0.3) is 55.9 Å². The number of primary sulfonamides is 2. The Morgan fingerprint density at radius 2 is 1.00 bits per heavy atom. The summed E-state index contributed by atoms with van der Waals surface area (Å²) in [4.78, 5) is 8.85. The number of aromatic nitrogens is 2. The van der Waals surface area contributed by atoms with Gasteiger partial charge in [0, 0.05) is 11.1 Å². The van der Waals surface area contributed by atoms with Crippen LogP contribution in [0.2, 0.25) is 0 Å². The molecule has 12 heteroatoms. The van der Waals surface area contributed by atoms with Gasteiger partial charge in [0.05, 0.1) is 9.79 Å². The Labute approximate surface area is 204 Å². The number of nitrogens with zero attached hydrogens (tertiary/aromatic N) is 2. The molecule has 0 atom stereocenters. The molecule has 10 nitrogen and oxygen atoms in total. The molecule has 0 aliphatic rings. The molecule has 0 amide bonds. The predicted octanol–water partition coefficient (Wildman–Crippen LogP) is 3.75. The molecule has 0 radical (unpaired) electrons. The standard InChI is InChI=1S/C24H16N4O6S2/c25-35(29,30)13-5-9-21-19(11-13)27-23(33-21)17-7-8-18(16-4-2-1-3-15(16)17)24-28-20-12-14(36(26,31)32)6-10-22(20)34-24/h1-12H,(H2,25,29,30)(H2,26,31,32). The largest absolute Gasteiger partial charge is 0.436 e. The molecule has 4 N–H and O–H groups in total. The van der Waals surface area contributed by atoms with E-state index in [0.29, 0.717) is 45.1 Å². The molecule has 2 aromatic heterocycles. The number of nitrogens with two attached hydrogens (primary N) is 2. The van der Waals surface area contributed by atoms with Crippen molar-refractivity contribution in [3.8, 4) is 22.9 Å². The summed E-state index contributed by atoms with van der Waals surface area (Å²) < 4.78 is 58.6. The molecule has 0 saturated carbocycles. The Morgan fingerprint density at radius 3 is 1.39 bits per heavy atom. The maximum absolute atomic E-state index is 11.7. The van der Waals surface area contributed by atoms with Gasteiger partial charge < -0.3 is 8.83 Å². The quantitative estimate of drug-likeness (QED) is 0.353. The van der Waals surface area contributed by atoms with Crippen LogP contribution < -0.4 is 10.3 Å². The van der Waals surface area contributed by atoms with Crippen LogP contribution in [0.4, 0.5) is 0 Å². The first kappa shape index (κ1) is 22.4. The Balaban J connectivity index is 1.51. The SMILES string of the molecule is NS(=O)(=O)c1ccc2oc(-c3ccc(-c4nc5cc(S(N)(=O)=O)ccc5o4)c4ccccc34)nc2c1. The highest BCUT2D eigenvalue weighted by Gasteiger charge is 2.19. The number of oxazole rings is 2. The van der Waals surface area contributed by atoms with Crippen molar-refractivity contribution in [1.29, 1.82) is 0 Å². The number of rotatable bonds is 4. The van der Waals surface area contributed by atoms with Gasteiger partial charge in [-0.15, -0.1) is 0 Å². The van der Waals surface area contributed by atoms with Gasteiger partial charge in [-0.1, -0.05) is 24.3 Å². The molecule has 0 aliphatic carbocycles. The van der Waals surface area contributed by atoms with Gasteiger partial charge in [-0.05, 0) is 59.3 Å². The van der Waals surface area contributed by atoms with E-state index in [-0.39, 0.29) is 9.79 Å². The average molecular weight is 521 g/mol. The van der Waals surface area contributed by atoms with Gasteiger partial charge in [-0.2, -0.15) is 0 Å². The topological polar surface area (TPSA) is 172 Å². The minimum absolute atomic E-state index is 0.0587. The number of sulfonamides is 2. The summed E-state index contributed by atoms with van der Waals surface area (Å²) in [5.41, 5.74) is 2.89. The van der Waals surface area contributed by atoms with Crippen molar-refractivity contribution >= 4 is 53.0 Å². The van der Waals surface area contributed by atoms with Gasteiger partial charge in [0.2, 0.25) is 31.8 Å². The van der Waals surface area contributed by atoms with Crippen molar-refractivity contribution in [2.75, 3.05) is 0 Å². The third-order valence-electron chi connectivity index (χ3n) is 5.76. The van der Waals surface area contributed by atoms with Gasteiger partial charge in [0.25, 0.3) is 0 Å². The van der Waals surface area contributed by atoms with Crippen molar-refractivity contribution in [3.63, 3.8) is 0 Å². The fourth-order valence-electron chi connectivity index (χ4n) is 4.07. The summed E-state index contributed by atoms with van der Waals surface area (Å²) in [5, 5.41) is 12.0. The zero-order chi connectivity index (χ0) is 25.2. The number of benzene rings is 4. The monoisotopic (exact) mass is 520 g/mol. The van der Waals surface area contributed by atoms with E-state index in [0.717, 1.165) is 10.8 Å². The molecule has 0 bridgehead atoms. The summed E-state index contributed by atoms with van der Waals surface area (Å²) in [6.07, 6.45) is 0. The number of fused-ring (bicyclic) bond motifs is 3. The van der Waals surface area contributed by atoms with Gasteiger partial charge in [-0.3, -0.25) is 0 Å². The minimum Gasteiger partial charge on any atom is -0.436 e. The fraction of sp³-hybridized carbons (Fsp3) is 0. The third-order valence-corrected chi connectivity index (χ3v) is 7.58. The molecule has 6 rings (SSSR count). The molecule has 0 unspecified atom stereocenters. The highest BCUT2D eigenvalue weighted by Crippen LogP contribution is 2.37. The van der Waals surface area contributed by atoms with Crippen LogP contribution in [0.5, 0.6) is 0 Å². The average Bonchev–Trinajstić information content (AvgIpc) is 3.45. The molecule has 4 aromatic carbocycles. The highest BCUT2D eigenvalue weighted by molar-refractivity contribution is 7.89. The molecule has 180 valence electrons. The van der Waals surface area contributed by atoms with E-state index < -0.39 is 20.0 Å². The Kier molecular flexibility index (Phi) is 4.78. The molecular formula is C24H16N4O6S2. The molecule has 0 fully saturated rings. The van der Waals surface area contributed by atoms with E-state index >= 15 is 0 Å². The van der Waals surface area contributed by atoms with E-state index in [1.165, 1.54) is 36.4 Å². The van der Waals surface area contributed by atoms with Crippen molar-refractivity contribution in [3.05, 3.63) is 72.8 Å². The number of hydrogen-bond acceptors (Lipinski definition) is 8. The maximum Gasteiger partial charge on any atom is 0.238 e. The van der Waals surface area contributed by atoms with Gasteiger partial charge in [0.1, 0.15) is 11.0 Å². The lowest BCUT2D eigenvalue weighted by atomic mass is 9.99. The van der Waals surface area contributed by atoms with E-state index in [1.807, 2.05) is 24.3 Å².